The zero-order chi connectivity index (χ0) is 17.5. The van der Waals surface area contributed by atoms with Crippen LogP contribution in [0.3, 0.4) is 0 Å². The summed E-state index contributed by atoms with van der Waals surface area (Å²) >= 11 is 0. The number of hydrogen-bond donors (Lipinski definition) is 1. The molecule has 0 radical (unpaired) electrons. The van der Waals surface area contributed by atoms with E-state index >= 15 is 0 Å². The van der Waals surface area contributed by atoms with Gasteiger partial charge in [0, 0.05) is 19.2 Å². The number of rotatable bonds is 10. The maximum Gasteiger partial charge on any atom is 0.252 e. The van der Waals surface area contributed by atoms with Crippen LogP contribution in [0.4, 0.5) is 0 Å². The molecule has 0 aromatic rings. The van der Waals surface area contributed by atoms with Crippen molar-refractivity contribution >= 4 is 11.8 Å². The average Bonchev–Trinajstić information content (AvgIpc) is 3.22. The smallest absolute Gasteiger partial charge is 0.252 e. The minimum Gasteiger partial charge on any atom is -0.368 e. The Bertz CT molecular complexity index is 446. The van der Waals surface area contributed by atoms with Gasteiger partial charge in [-0.3, -0.25) is 9.59 Å². The molecule has 5 nitrogen and oxygen atoms in total. The molecule has 2 aliphatic rings. The summed E-state index contributed by atoms with van der Waals surface area (Å²) in [6.45, 7) is 8.95. The molecule has 0 spiro atoms. The average molecular weight is 336 g/mol. The van der Waals surface area contributed by atoms with Crippen molar-refractivity contribution in [2.45, 2.75) is 77.0 Å². The second kappa shape index (κ2) is 9.21. The van der Waals surface area contributed by atoms with E-state index in [1.165, 1.54) is 0 Å². The van der Waals surface area contributed by atoms with Crippen LogP contribution in [-0.2, 0) is 14.3 Å². The van der Waals surface area contributed by atoms with E-state index < -0.39 is 6.10 Å². The van der Waals surface area contributed by atoms with Crippen molar-refractivity contribution in [2.24, 2.45) is 5.92 Å². The summed E-state index contributed by atoms with van der Waals surface area (Å²) < 4.78 is 5.89. The van der Waals surface area contributed by atoms with Gasteiger partial charge < -0.3 is 15.0 Å². The van der Waals surface area contributed by atoms with Gasteiger partial charge in [0.2, 0.25) is 5.91 Å². The van der Waals surface area contributed by atoms with Crippen molar-refractivity contribution in [3.8, 4) is 0 Å². The number of unbranched alkanes of at least 4 members (excludes halogenated alkanes) is 2. The Morgan fingerprint density at radius 1 is 1.29 bits per heavy atom. The van der Waals surface area contributed by atoms with E-state index in [0.29, 0.717) is 19.2 Å². The van der Waals surface area contributed by atoms with Crippen molar-refractivity contribution in [3.63, 3.8) is 0 Å². The topological polar surface area (TPSA) is 58.6 Å². The van der Waals surface area contributed by atoms with E-state index in [1.54, 1.807) is 4.90 Å². The number of carbonyl (C=O) groups is 2. The Kier molecular flexibility index (Phi) is 7.28. The predicted molar refractivity (Wildman–Crippen MR) is 94.5 cm³/mol. The lowest BCUT2D eigenvalue weighted by molar-refractivity contribution is -0.150. The van der Waals surface area contributed by atoms with Crippen LogP contribution in [0.15, 0.2) is 12.7 Å². The van der Waals surface area contributed by atoms with Gasteiger partial charge >= 0.3 is 0 Å². The fraction of sp³-hybridized carbons (Fsp3) is 0.789. The highest BCUT2D eigenvalue weighted by atomic mass is 16.5. The standard InChI is InChI=1S/C19H32N2O3/c1-4-5-6-7-13-24-17(14(2)3)19(23)21-12-8-9-16(21)18(22)20-15-10-11-15/h4,14-17H,1,5-13H2,2-3H3,(H,20,22). The summed E-state index contributed by atoms with van der Waals surface area (Å²) in [5.74, 6) is 0.0867. The largest absolute Gasteiger partial charge is 0.368 e. The van der Waals surface area contributed by atoms with Crippen LogP contribution < -0.4 is 5.32 Å². The molecule has 24 heavy (non-hydrogen) atoms. The lowest BCUT2D eigenvalue weighted by Crippen LogP contribution is -2.51. The van der Waals surface area contributed by atoms with Crippen molar-refractivity contribution in [2.75, 3.05) is 13.2 Å². The molecule has 1 aliphatic heterocycles. The maximum atomic E-state index is 12.9. The molecule has 1 saturated carbocycles. The number of allylic oxidation sites excluding steroid dienone is 1. The molecule has 1 aliphatic carbocycles. The molecule has 2 fully saturated rings. The molecule has 136 valence electrons. The van der Waals surface area contributed by atoms with Crippen LogP contribution in [0, 0.1) is 5.92 Å². The van der Waals surface area contributed by atoms with Gasteiger partial charge in [-0.15, -0.1) is 6.58 Å². The van der Waals surface area contributed by atoms with Crippen LogP contribution >= 0.6 is 0 Å². The number of amides is 2. The third-order valence-corrected chi connectivity index (χ3v) is 4.71. The lowest BCUT2D eigenvalue weighted by atomic mass is 10.1. The molecule has 2 amide bonds. The van der Waals surface area contributed by atoms with Crippen molar-refractivity contribution < 1.29 is 14.3 Å². The predicted octanol–water partition coefficient (Wildman–Crippen LogP) is 2.65. The van der Waals surface area contributed by atoms with Crippen molar-refractivity contribution in [1.82, 2.24) is 10.2 Å². The first-order chi connectivity index (χ1) is 11.5. The summed E-state index contributed by atoms with van der Waals surface area (Å²) in [5, 5.41) is 3.03. The van der Waals surface area contributed by atoms with Crippen molar-refractivity contribution in [3.05, 3.63) is 12.7 Å². The Morgan fingerprint density at radius 3 is 2.67 bits per heavy atom. The highest BCUT2D eigenvalue weighted by Gasteiger charge is 2.39. The molecular formula is C19H32N2O3. The second-order valence-electron chi connectivity index (χ2n) is 7.29. The van der Waals surface area contributed by atoms with Gasteiger partial charge in [0.05, 0.1) is 0 Å². The first-order valence-corrected chi connectivity index (χ1v) is 9.38. The van der Waals surface area contributed by atoms with E-state index in [2.05, 4.69) is 11.9 Å². The number of carbonyl (C=O) groups excluding carboxylic acids is 2. The van der Waals surface area contributed by atoms with Crippen LogP contribution in [0.1, 0.15) is 58.8 Å². The summed E-state index contributed by atoms with van der Waals surface area (Å²) in [6, 6.07) is 0.0146. The summed E-state index contributed by atoms with van der Waals surface area (Å²) in [5.41, 5.74) is 0. The molecule has 5 heteroatoms. The van der Waals surface area contributed by atoms with Crippen LogP contribution in [-0.4, -0.2) is 48.1 Å². The van der Waals surface area contributed by atoms with Crippen LogP contribution in [0.25, 0.3) is 0 Å². The highest BCUT2D eigenvalue weighted by Crippen LogP contribution is 2.24. The molecule has 1 saturated heterocycles. The SMILES string of the molecule is C=CCCCCOC(C(=O)N1CCCC1C(=O)NC1CC1)C(C)C. The molecule has 0 bridgehead atoms. The Hall–Kier alpha value is -1.36. The third kappa shape index (κ3) is 5.33. The Morgan fingerprint density at radius 2 is 2.04 bits per heavy atom. The first kappa shape index (κ1) is 19.0. The number of nitrogens with zero attached hydrogens (tertiary/aromatic N) is 1. The highest BCUT2D eigenvalue weighted by molar-refractivity contribution is 5.90. The van der Waals surface area contributed by atoms with Crippen LogP contribution in [0.2, 0.25) is 0 Å². The Labute approximate surface area is 145 Å². The second-order valence-corrected chi connectivity index (χ2v) is 7.29. The first-order valence-electron chi connectivity index (χ1n) is 9.38. The number of nitrogens with one attached hydrogen (secondary N) is 1. The summed E-state index contributed by atoms with van der Waals surface area (Å²) in [6.07, 6.45) is 8.14. The fourth-order valence-corrected chi connectivity index (χ4v) is 3.14. The zero-order valence-corrected chi connectivity index (χ0v) is 15.1. The van der Waals surface area contributed by atoms with Crippen molar-refractivity contribution in [1.29, 1.82) is 0 Å². The minimum atomic E-state index is -0.456. The molecule has 0 aromatic carbocycles. The van der Waals surface area contributed by atoms with Gasteiger partial charge in [-0.1, -0.05) is 19.9 Å². The third-order valence-electron chi connectivity index (χ3n) is 4.71. The van der Waals surface area contributed by atoms with E-state index in [0.717, 1.165) is 44.9 Å². The van der Waals surface area contributed by atoms with Crippen LogP contribution in [0.5, 0.6) is 0 Å². The van der Waals surface area contributed by atoms with Gasteiger partial charge in [0.15, 0.2) is 0 Å². The molecule has 2 atom stereocenters. The molecule has 1 heterocycles. The summed E-state index contributed by atoms with van der Waals surface area (Å²) in [4.78, 5) is 27.1. The Balaban J connectivity index is 1.88. The number of ether oxygens (including phenoxy) is 1. The van der Waals surface area contributed by atoms with E-state index in [4.69, 9.17) is 4.74 Å². The van der Waals surface area contributed by atoms with Gasteiger partial charge in [0.1, 0.15) is 12.1 Å². The monoisotopic (exact) mass is 336 g/mol. The van der Waals surface area contributed by atoms with E-state index in [1.807, 2.05) is 19.9 Å². The van der Waals surface area contributed by atoms with E-state index in [-0.39, 0.29) is 23.8 Å². The van der Waals surface area contributed by atoms with Gasteiger partial charge in [-0.05, 0) is 50.9 Å². The minimum absolute atomic E-state index is 0.0110. The van der Waals surface area contributed by atoms with Gasteiger partial charge in [-0.25, -0.2) is 0 Å². The van der Waals surface area contributed by atoms with Gasteiger partial charge in [-0.2, -0.15) is 0 Å². The number of hydrogen-bond acceptors (Lipinski definition) is 3. The summed E-state index contributed by atoms with van der Waals surface area (Å²) in [7, 11) is 0. The molecule has 1 N–H and O–H groups in total. The quantitative estimate of drug-likeness (QED) is 0.493. The van der Waals surface area contributed by atoms with Gasteiger partial charge in [0.25, 0.3) is 5.91 Å². The molecule has 2 rings (SSSR count). The number of likely N-dealkylation sites (tertiary alicyclic amines) is 1. The molecule has 0 aromatic heterocycles. The fourth-order valence-electron chi connectivity index (χ4n) is 3.14. The lowest BCUT2D eigenvalue weighted by Gasteiger charge is -2.30. The zero-order valence-electron chi connectivity index (χ0n) is 15.1. The normalized spacial score (nSPS) is 21.8. The molecular weight excluding hydrogens is 304 g/mol. The van der Waals surface area contributed by atoms with E-state index in [9.17, 15) is 9.59 Å². The molecule has 2 unspecified atom stereocenters. The maximum absolute atomic E-state index is 12.9.